The first-order valence-electron chi connectivity index (χ1n) is 10.1. The van der Waals surface area contributed by atoms with Gasteiger partial charge in [-0.25, -0.2) is 0 Å². The third-order valence-corrected chi connectivity index (χ3v) is 4.95. The third-order valence-electron chi connectivity index (χ3n) is 4.95. The number of hydrogen-bond donors (Lipinski definition) is 2. The highest BCUT2D eigenvalue weighted by Crippen LogP contribution is 2.16. The second kappa shape index (κ2) is 10.6. The maximum absolute atomic E-state index is 12.6. The zero-order valence-corrected chi connectivity index (χ0v) is 19.2. The molecule has 4 amide bonds. The van der Waals surface area contributed by atoms with Crippen LogP contribution in [0.2, 0.25) is 0 Å². The average molecular weight is 447 g/mol. The van der Waals surface area contributed by atoms with Crippen LogP contribution in [0.1, 0.15) is 13.8 Å². The summed E-state index contributed by atoms with van der Waals surface area (Å²) in [6, 6.07) is 3.17. The molecule has 0 radical (unpaired) electrons. The fourth-order valence-corrected chi connectivity index (χ4v) is 2.53. The minimum Gasteiger partial charge on any atom is -0.347 e. The summed E-state index contributed by atoms with van der Waals surface area (Å²) < 4.78 is 2.85. The van der Waals surface area contributed by atoms with Crippen molar-refractivity contribution < 1.29 is 19.2 Å². The van der Waals surface area contributed by atoms with E-state index in [4.69, 9.17) is 0 Å². The molecule has 2 rings (SSSR count). The summed E-state index contributed by atoms with van der Waals surface area (Å²) in [5.41, 5.74) is 0. The summed E-state index contributed by atoms with van der Waals surface area (Å²) in [5.74, 6) is -1.72. The molecule has 0 saturated heterocycles. The normalized spacial score (nSPS) is 12.6. The van der Waals surface area contributed by atoms with Crippen LogP contribution in [0.4, 0.5) is 11.6 Å². The van der Waals surface area contributed by atoms with Crippen LogP contribution in [0, 0.1) is 11.8 Å². The van der Waals surface area contributed by atoms with Crippen LogP contribution < -0.4 is 10.6 Å². The van der Waals surface area contributed by atoms with Gasteiger partial charge < -0.3 is 20.4 Å². The number of carbonyl (C=O) groups is 4. The van der Waals surface area contributed by atoms with Crippen LogP contribution in [-0.2, 0) is 32.3 Å². The van der Waals surface area contributed by atoms with Crippen LogP contribution in [-0.4, -0.2) is 81.2 Å². The van der Waals surface area contributed by atoms with Crippen molar-refractivity contribution in [2.24, 2.45) is 11.8 Å². The average Bonchev–Trinajstić information content (AvgIpc) is 3.35. The first-order valence-corrected chi connectivity index (χ1v) is 10.1. The molecule has 0 aromatic carbocycles. The van der Waals surface area contributed by atoms with Gasteiger partial charge in [0.25, 0.3) is 0 Å². The van der Waals surface area contributed by atoms with Crippen molar-refractivity contribution in [1.82, 2.24) is 29.4 Å². The molecular weight excluding hydrogens is 416 g/mol. The topological polar surface area (TPSA) is 134 Å². The first kappa shape index (κ1) is 24.6. The van der Waals surface area contributed by atoms with Crippen molar-refractivity contribution >= 4 is 35.3 Å². The van der Waals surface area contributed by atoms with E-state index in [0.29, 0.717) is 11.6 Å². The summed E-state index contributed by atoms with van der Waals surface area (Å²) in [4.78, 5) is 51.5. The van der Waals surface area contributed by atoms with Crippen molar-refractivity contribution in [3.63, 3.8) is 0 Å². The molecule has 174 valence electrons. The first-order chi connectivity index (χ1) is 15.0. The van der Waals surface area contributed by atoms with Crippen molar-refractivity contribution in [3.05, 3.63) is 24.5 Å². The quantitative estimate of drug-likeness (QED) is 0.561. The van der Waals surface area contributed by atoms with Crippen LogP contribution in [0.5, 0.6) is 0 Å². The molecule has 0 bridgehead atoms. The van der Waals surface area contributed by atoms with Gasteiger partial charge in [0, 0.05) is 64.6 Å². The van der Waals surface area contributed by atoms with Gasteiger partial charge in [0.1, 0.15) is 13.1 Å². The van der Waals surface area contributed by atoms with Gasteiger partial charge in [-0.05, 0) is 0 Å². The third kappa shape index (κ3) is 6.65. The lowest BCUT2D eigenvalue weighted by Gasteiger charge is -2.18. The molecule has 12 heteroatoms. The van der Waals surface area contributed by atoms with Gasteiger partial charge in [-0.1, -0.05) is 13.8 Å². The Morgan fingerprint density at radius 2 is 1.12 bits per heavy atom. The van der Waals surface area contributed by atoms with E-state index in [0.717, 1.165) is 0 Å². The summed E-state index contributed by atoms with van der Waals surface area (Å²) in [6.07, 6.45) is 3.18. The van der Waals surface area contributed by atoms with Gasteiger partial charge in [-0.3, -0.25) is 28.5 Å². The van der Waals surface area contributed by atoms with E-state index in [1.807, 2.05) is 0 Å². The number of likely N-dealkylation sites (N-methyl/N-ethyl adjacent to an activating group) is 2. The van der Waals surface area contributed by atoms with Crippen LogP contribution in [0.15, 0.2) is 24.5 Å². The van der Waals surface area contributed by atoms with Crippen molar-refractivity contribution in [2.45, 2.75) is 26.9 Å². The molecule has 0 aliphatic heterocycles. The minimum atomic E-state index is -0.652. The Labute approximate surface area is 186 Å². The number of carbonyl (C=O) groups excluding carboxylic acids is 4. The highest BCUT2D eigenvalue weighted by atomic mass is 16.2. The van der Waals surface area contributed by atoms with Crippen molar-refractivity contribution in [1.29, 1.82) is 0 Å². The molecule has 12 nitrogen and oxygen atoms in total. The molecule has 0 aliphatic carbocycles. The van der Waals surface area contributed by atoms with E-state index < -0.39 is 11.8 Å². The van der Waals surface area contributed by atoms with Gasteiger partial charge in [0.05, 0.1) is 0 Å². The van der Waals surface area contributed by atoms with E-state index in [2.05, 4.69) is 20.8 Å². The van der Waals surface area contributed by atoms with Gasteiger partial charge >= 0.3 is 0 Å². The monoisotopic (exact) mass is 446 g/mol. The van der Waals surface area contributed by atoms with E-state index >= 15 is 0 Å². The summed E-state index contributed by atoms with van der Waals surface area (Å²) in [7, 11) is 6.60. The van der Waals surface area contributed by atoms with E-state index in [1.54, 1.807) is 66.6 Å². The molecule has 2 aromatic rings. The Morgan fingerprint density at radius 1 is 0.781 bits per heavy atom. The summed E-state index contributed by atoms with van der Waals surface area (Å²) in [5, 5.41) is 13.6. The Kier molecular flexibility index (Phi) is 8.10. The molecule has 2 unspecified atom stereocenters. The van der Waals surface area contributed by atoms with Gasteiger partial charge in [-0.15, -0.1) is 0 Å². The molecule has 32 heavy (non-hydrogen) atoms. The number of rotatable bonds is 9. The zero-order valence-electron chi connectivity index (χ0n) is 19.2. The number of nitrogens with one attached hydrogen (secondary N) is 2. The predicted molar refractivity (Wildman–Crippen MR) is 117 cm³/mol. The number of amides is 4. The van der Waals surface area contributed by atoms with Gasteiger partial charge in [0.15, 0.2) is 11.6 Å². The molecular formula is C20H30N8O4. The Morgan fingerprint density at radius 3 is 1.44 bits per heavy atom. The van der Waals surface area contributed by atoms with E-state index in [9.17, 15) is 19.2 Å². The van der Waals surface area contributed by atoms with Gasteiger partial charge in [-0.2, -0.15) is 10.2 Å². The fourth-order valence-electron chi connectivity index (χ4n) is 2.53. The molecule has 0 aliphatic rings. The highest BCUT2D eigenvalue weighted by molar-refractivity contribution is 5.98. The van der Waals surface area contributed by atoms with E-state index in [-0.39, 0.29) is 36.7 Å². The standard InChI is InChI=1S/C20H30N8O4/c1-13(19(31)21-15-7-9-27(23-15)11-17(29)25(3)4)14(2)20(32)22-16-8-10-28(24-16)12-18(30)26(5)6/h7-10,13-14H,11-12H2,1-6H3,(H,21,23,31)(H,22,24,32). The highest BCUT2D eigenvalue weighted by Gasteiger charge is 2.27. The van der Waals surface area contributed by atoms with Crippen molar-refractivity contribution in [3.8, 4) is 0 Å². The molecule has 2 atom stereocenters. The number of nitrogens with zero attached hydrogens (tertiary/aromatic N) is 6. The number of aromatic nitrogens is 4. The Balaban J connectivity index is 1.90. The summed E-state index contributed by atoms with van der Waals surface area (Å²) in [6.45, 7) is 3.40. The molecule has 2 aromatic heterocycles. The molecule has 2 heterocycles. The number of hydrogen-bond acceptors (Lipinski definition) is 6. The lowest BCUT2D eigenvalue weighted by atomic mass is 9.94. The molecule has 0 spiro atoms. The maximum atomic E-state index is 12.6. The molecule has 0 saturated carbocycles. The largest absolute Gasteiger partial charge is 0.347 e. The fraction of sp³-hybridized carbons (Fsp3) is 0.500. The van der Waals surface area contributed by atoms with E-state index in [1.165, 1.54) is 19.2 Å². The van der Waals surface area contributed by atoms with Crippen LogP contribution >= 0.6 is 0 Å². The minimum absolute atomic E-state index is 0.0595. The summed E-state index contributed by atoms with van der Waals surface area (Å²) >= 11 is 0. The lowest BCUT2D eigenvalue weighted by Crippen LogP contribution is -2.33. The number of anilines is 2. The Bertz CT molecular complexity index is 900. The SMILES string of the molecule is CC(C(=O)Nc1ccn(CC(=O)N(C)C)n1)C(C)C(=O)Nc1ccn(CC(=O)N(C)C)n1. The molecule has 0 fully saturated rings. The van der Waals surface area contributed by atoms with Crippen molar-refractivity contribution in [2.75, 3.05) is 38.8 Å². The molecule has 2 N–H and O–H groups in total. The van der Waals surface area contributed by atoms with Crippen LogP contribution in [0.25, 0.3) is 0 Å². The van der Waals surface area contributed by atoms with Crippen LogP contribution in [0.3, 0.4) is 0 Å². The predicted octanol–water partition coefficient (Wildman–Crippen LogP) is 0.105. The maximum Gasteiger partial charge on any atom is 0.243 e. The lowest BCUT2D eigenvalue weighted by molar-refractivity contribution is -0.130. The smallest absolute Gasteiger partial charge is 0.243 e. The second-order valence-electron chi connectivity index (χ2n) is 7.93. The zero-order chi connectivity index (χ0) is 24.0. The Hall–Kier alpha value is -3.70. The second-order valence-corrected chi connectivity index (χ2v) is 7.93. The van der Waals surface area contributed by atoms with Gasteiger partial charge in [0.2, 0.25) is 23.6 Å².